The third-order valence-corrected chi connectivity index (χ3v) is 4.43. The van der Waals surface area contributed by atoms with Crippen LogP contribution in [0.2, 0.25) is 0 Å². The highest BCUT2D eigenvalue weighted by Crippen LogP contribution is 2.31. The maximum absolute atomic E-state index is 13.8. The number of fused-ring (bicyclic) bond motifs is 1. The summed E-state index contributed by atoms with van der Waals surface area (Å²) in [5.74, 6) is -1.06. The van der Waals surface area contributed by atoms with Gasteiger partial charge in [-0.25, -0.2) is 8.78 Å². The van der Waals surface area contributed by atoms with Gasteiger partial charge in [-0.1, -0.05) is 12.1 Å². The Bertz CT molecular complexity index is 878. The quantitative estimate of drug-likeness (QED) is 0.732. The van der Waals surface area contributed by atoms with Gasteiger partial charge in [0.15, 0.2) is 17.4 Å². The summed E-state index contributed by atoms with van der Waals surface area (Å²) in [7, 11) is 3.93. The highest BCUT2D eigenvalue weighted by atomic mass is 19.2. The van der Waals surface area contributed by atoms with Gasteiger partial charge in [0.25, 0.3) is 0 Å². The second-order valence-corrected chi connectivity index (χ2v) is 6.82. The van der Waals surface area contributed by atoms with Gasteiger partial charge in [-0.15, -0.1) is 0 Å². The minimum Gasteiger partial charge on any atom is -0.492 e. The van der Waals surface area contributed by atoms with Crippen molar-refractivity contribution in [3.05, 3.63) is 59.2 Å². The molecule has 0 aliphatic carbocycles. The molecule has 142 valence electrons. The summed E-state index contributed by atoms with van der Waals surface area (Å²) < 4.78 is 32.8. The van der Waals surface area contributed by atoms with Crippen LogP contribution in [0.15, 0.2) is 41.4 Å². The number of nitrogens with zero attached hydrogens (tertiary/aromatic N) is 2. The topological polar surface area (TPSA) is 41.9 Å². The number of Topliss-reactive ketones (excluding diaryl/α,β-unsaturated/α-hetero) is 1. The van der Waals surface area contributed by atoms with E-state index in [1.165, 1.54) is 6.07 Å². The summed E-state index contributed by atoms with van der Waals surface area (Å²) in [5, 5.41) is 0. The van der Waals surface area contributed by atoms with Crippen LogP contribution < -0.4 is 4.74 Å². The molecule has 0 atom stereocenters. The number of carbonyl (C=O) groups is 1. The lowest BCUT2D eigenvalue weighted by molar-refractivity contribution is 0.0999. The summed E-state index contributed by atoms with van der Waals surface area (Å²) in [6, 6.07) is 9.38. The van der Waals surface area contributed by atoms with Crippen molar-refractivity contribution < 1.29 is 18.3 Å². The number of hydrogen-bond donors (Lipinski definition) is 0. The molecule has 2 aromatic rings. The zero-order chi connectivity index (χ0) is 19.4. The van der Waals surface area contributed by atoms with E-state index >= 15 is 0 Å². The van der Waals surface area contributed by atoms with Crippen LogP contribution in [0.3, 0.4) is 0 Å². The molecule has 0 radical (unpaired) electrons. The fraction of sp³-hybridized carbons (Fsp3) is 0.333. The number of carbonyl (C=O) groups excluding carboxylic acids is 1. The van der Waals surface area contributed by atoms with Crippen LogP contribution in [0.4, 0.5) is 14.5 Å². The summed E-state index contributed by atoms with van der Waals surface area (Å²) >= 11 is 0. The van der Waals surface area contributed by atoms with Gasteiger partial charge < -0.3 is 9.64 Å². The first kappa shape index (κ1) is 19.2. The predicted octanol–water partition coefficient (Wildman–Crippen LogP) is 4.20. The minimum atomic E-state index is -0.862. The van der Waals surface area contributed by atoms with E-state index < -0.39 is 11.6 Å². The zero-order valence-corrected chi connectivity index (χ0v) is 15.5. The molecule has 4 nitrogen and oxygen atoms in total. The first-order chi connectivity index (χ1) is 12.9. The van der Waals surface area contributed by atoms with Gasteiger partial charge in [-0.05, 0) is 50.7 Å². The van der Waals surface area contributed by atoms with E-state index in [0.717, 1.165) is 12.6 Å². The fourth-order valence-electron chi connectivity index (χ4n) is 2.93. The molecule has 0 fully saturated rings. The Morgan fingerprint density at radius 2 is 1.96 bits per heavy atom. The highest BCUT2D eigenvalue weighted by Gasteiger charge is 2.21. The summed E-state index contributed by atoms with van der Waals surface area (Å²) in [6.45, 7) is 1.32. The molecule has 27 heavy (non-hydrogen) atoms. The standard InChI is InChI=1S/C21H22F2N2O2/c1-25(2)10-11-27-16-8-9-17-19(13-16)24-15(12-20(17)26)7-6-14-4-3-5-18(22)21(14)23/h3-5,8-9,13H,6-7,10-12H2,1-2H3. The van der Waals surface area contributed by atoms with Gasteiger partial charge in [0, 0.05) is 30.3 Å². The number of hydrogen-bond acceptors (Lipinski definition) is 4. The molecule has 0 spiro atoms. The van der Waals surface area contributed by atoms with Crippen LogP contribution in [0, 0.1) is 11.6 Å². The van der Waals surface area contributed by atoms with Gasteiger partial charge >= 0.3 is 0 Å². The Morgan fingerprint density at radius 1 is 1.15 bits per heavy atom. The van der Waals surface area contributed by atoms with Crippen molar-refractivity contribution in [1.29, 1.82) is 0 Å². The Morgan fingerprint density at radius 3 is 2.74 bits per heavy atom. The van der Waals surface area contributed by atoms with E-state index in [2.05, 4.69) is 4.99 Å². The van der Waals surface area contributed by atoms with Crippen LogP contribution in [0.25, 0.3) is 0 Å². The predicted molar refractivity (Wildman–Crippen MR) is 101 cm³/mol. The summed E-state index contributed by atoms with van der Waals surface area (Å²) in [6.07, 6.45) is 0.895. The number of ketones is 1. The van der Waals surface area contributed by atoms with Crippen molar-refractivity contribution in [2.24, 2.45) is 4.99 Å². The molecule has 1 heterocycles. The molecule has 0 amide bonds. The van der Waals surface area contributed by atoms with Crippen molar-refractivity contribution in [3.63, 3.8) is 0 Å². The molecule has 0 bridgehead atoms. The lowest BCUT2D eigenvalue weighted by Crippen LogP contribution is -2.19. The number of rotatable bonds is 7. The third kappa shape index (κ3) is 4.77. The Balaban J connectivity index is 1.72. The monoisotopic (exact) mass is 372 g/mol. The van der Waals surface area contributed by atoms with Gasteiger partial charge in [0.2, 0.25) is 0 Å². The maximum atomic E-state index is 13.8. The molecule has 0 saturated carbocycles. The molecular formula is C21H22F2N2O2. The van der Waals surface area contributed by atoms with Gasteiger partial charge in [0.1, 0.15) is 12.4 Å². The Labute approximate surface area is 157 Å². The number of aryl methyl sites for hydroxylation is 1. The van der Waals surface area contributed by atoms with E-state index in [0.29, 0.717) is 42.2 Å². The van der Waals surface area contributed by atoms with Crippen molar-refractivity contribution in [1.82, 2.24) is 4.90 Å². The van der Waals surface area contributed by atoms with E-state index in [4.69, 9.17) is 4.74 Å². The second kappa shape index (κ2) is 8.39. The molecule has 0 saturated heterocycles. The van der Waals surface area contributed by atoms with Crippen LogP contribution in [0.1, 0.15) is 28.8 Å². The van der Waals surface area contributed by atoms with Gasteiger partial charge in [0.05, 0.1) is 5.69 Å². The average molecular weight is 372 g/mol. The van der Waals surface area contributed by atoms with Crippen molar-refractivity contribution in [2.75, 3.05) is 27.2 Å². The van der Waals surface area contributed by atoms with Crippen LogP contribution in [0.5, 0.6) is 5.75 Å². The third-order valence-electron chi connectivity index (χ3n) is 4.43. The summed E-state index contributed by atoms with van der Waals surface area (Å²) in [4.78, 5) is 19.0. The molecule has 6 heteroatoms. The molecule has 2 aromatic carbocycles. The van der Waals surface area contributed by atoms with Gasteiger partial charge in [-0.3, -0.25) is 9.79 Å². The summed E-state index contributed by atoms with van der Waals surface area (Å²) in [5.41, 5.74) is 2.09. The van der Waals surface area contributed by atoms with Gasteiger partial charge in [-0.2, -0.15) is 0 Å². The second-order valence-electron chi connectivity index (χ2n) is 6.82. The first-order valence-electron chi connectivity index (χ1n) is 8.88. The average Bonchev–Trinajstić information content (AvgIpc) is 2.62. The Kier molecular flexibility index (Phi) is 5.96. The maximum Gasteiger partial charge on any atom is 0.170 e. The molecule has 3 rings (SSSR count). The first-order valence-corrected chi connectivity index (χ1v) is 8.88. The number of halogens is 2. The smallest absolute Gasteiger partial charge is 0.170 e. The van der Waals surface area contributed by atoms with E-state index in [1.807, 2.05) is 19.0 Å². The fourth-order valence-corrected chi connectivity index (χ4v) is 2.93. The van der Waals surface area contributed by atoms with E-state index in [9.17, 15) is 13.6 Å². The van der Waals surface area contributed by atoms with Crippen molar-refractivity contribution >= 4 is 17.2 Å². The highest BCUT2D eigenvalue weighted by molar-refractivity contribution is 6.15. The lowest BCUT2D eigenvalue weighted by atomic mass is 9.96. The lowest BCUT2D eigenvalue weighted by Gasteiger charge is -2.17. The number of likely N-dealkylation sites (N-methyl/N-ethyl adjacent to an activating group) is 1. The number of benzene rings is 2. The molecule has 0 N–H and O–H groups in total. The van der Waals surface area contributed by atoms with E-state index in [-0.39, 0.29) is 17.8 Å². The zero-order valence-electron chi connectivity index (χ0n) is 15.5. The van der Waals surface area contributed by atoms with Crippen LogP contribution in [-0.2, 0) is 6.42 Å². The van der Waals surface area contributed by atoms with E-state index in [1.54, 1.807) is 24.3 Å². The largest absolute Gasteiger partial charge is 0.492 e. The molecule has 1 aliphatic rings. The SMILES string of the molecule is CN(C)CCOc1ccc2c(c1)N=C(CCc1cccc(F)c1F)CC2=O. The molecule has 0 unspecified atom stereocenters. The molecule has 1 aliphatic heterocycles. The minimum absolute atomic E-state index is 0.0189. The number of aliphatic imine (C=N–C) groups is 1. The van der Waals surface area contributed by atoms with Crippen LogP contribution in [-0.4, -0.2) is 43.6 Å². The van der Waals surface area contributed by atoms with Crippen molar-refractivity contribution in [2.45, 2.75) is 19.3 Å². The number of ether oxygens (including phenoxy) is 1. The molecular weight excluding hydrogens is 350 g/mol. The Hall–Kier alpha value is -2.60. The normalized spacial score (nSPS) is 13.5. The van der Waals surface area contributed by atoms with Crippen molar-refractivity contribution in [3.8, 4) is 5.75 Å². The van der Waals surface area contributed by atoms with Crippen LogP contribution >= 0.6 is 0 Å². The molecule has 0 aromatic heterocycles.